The van der Waals surface area contributed by atoms with Crippen LogP contribution >= 0.6 is 0 Å². The molecule has 1 N–H and O–H groups in total. The van der Waals surface area contributed by atoms with Crippen LogP contribution in [0.4, 0.5) is 15.3 Å². The van der Waals surface area contributed by atoms with E-state index in [1.807, 2.05) is 24.3 Å². The summed E-state index contributed by atoms with van der Waals surface area (Å²) in [6, 6.07) is 7.66. The van der Waals surface area contributed by atoms with Gasteiger partial charge in [0.15, 0.2) is 9.84 Å². The van der Waals surface area contributed by atoms with Crippen LogP contribution in [0.15, 0.2) is 24.3 Å². The van der Waals surface area contributed by atoms with Gasteiger partial charge in [-0.15, -0.1) is 0 Å². The minimum Gasteiger partial charge on any atom is -0.323 e. The van der Waals surface area contributed by atoms with Crippen LogP contribution in [0.2, 0.25) is 0 Å². The molecule has 2 fully saturated rings. The van der Waals surface area contributed by atoms with Crippen molar-refractivity contribution in [3.05, 3.63) is 29.8 Å². The van der Waals surface area contributed by atoms with Gasteiger partial charge in [0.25, 0.3) is 0 Å². The van der Waals surface area contributed by atoms with Gasteiger partial charge in [-0.2, -0.15) is 0 Å². The molecule has 1 atom stereocenters. The molecule has 0 bridgehead atoms. The first-order valence-electron chi connectivity index (χ1n) is 10.7. The number of amides is 4. The Hall–Kier alpha value is -2.29. The zero-order valence-corrected chi connectivity index (χ0v) is 18.7. The molecular formula is C21H32N4O4S. The number of nitrogens with zero attached hydrogens (tertiary/aromatic N) is 3. The molecule has 2 saturated heterocycles. The predicted octanol–water partition coefficient (Wildman–Crippen LogP) is 2.59. The van der Waals surface area contributed by atoms with E-state index in [2.05, 4.69) is 19.2 Å². The number of benzene rings is 1. The average molecular weight is 437 g/mol. The lowest BCUT2D eigenvalue weighted by Gasteiger charge is -2.32. The predicted molar refractivity (Wildman–Crippen MR) is 118 cm³/mol. The molecule has 4 amide bonds. The van der Waals surface area contributed by atoms with Gasteiger partial charge in [-0.05, 0) is 36.5 Å². The molecule has 166 valence electrons. The monoisotopic (exact) mass is 436 g/mol. The van der Waals surface area contributed by atoms with Gasteiger partial charge in [0, 0.05) is 45.0 Å². The topological polar surface area (TPSA) is 90.0 Å². The number of hydrogen-bond acceptors (Lipinski definition) is 4. The maximum Gasteiger partial charge on any atom is 0.321 e. The van der Waals surface area contributed by atoms with Gasteiger partial charge in [0.2, 0.25) is 0 Å². The van der Waals surface area contributed by atoms with E-state index in [9.17, 15) is 18.0 Å². The molecule has 0 radical (unpaired) electrons. The highest BCUT2D eigenvalue weighted by Crippen LogP contribution is 2.21. The third-order valence-corrected chi connectivity index (χ3v) is 7.62. The van der Waals surface area contributed by atoms with E-state index in [-0.39, 0.29) is 36.7 Å². The van der Waals surface area contributed by atoms with Crippen molar-refractivity contribution >= 4 is 27.6 Å². The molecule has 30 heavy (non-hydrogen) atoms. The minimum absolute atomic E-state index is 0.0247. The molecule has 1 unspecified atom stereocenters. The zero-order chi connectivity index (χ0) is 21.7. The molecule has 1 aromatic carbocycles. The fourth-order valence-electron chi connectivity index (χ4n) is 3.75. The summed E-state index contributed by atoms with van der Waals surface area (Å²) < 4.78 is 23.2. The van der Waals surface area contributed by atoms with E-state index in [0.717, 1.165) is 12.1 Å². The van der Waals surface area contributed by atoms with Gasteiger partial charge in [-0.3, -0.25) is 0 Å². The Kier molecular flexibility index (Phi) is 7.23. The van der Waals surface area contributed by atoms with Crippen LogP contribution in [0.3, 0.4) is 0 Å². The number of carbonyl (C=O) groups is 2. The van der Waals surface area contributed by atoms with Gasteiger partial charge in [0.05, 0.1) is 11.5 Å². The van der Waals surface area contributed by atoms with Crippen molar-refractivity contribution in [3.8, 4) is 0 Å². The summed E-state index contributed by atoms with van der Waals surface area (Å²) in [6.07, 6.45) is 1.76. The number of carbonyl (C=O) groups excluding carboxylic acids is 2. The van der Waals surface area contributed by atoms with Crippen molar-refractivity contribution in [2.45, 2.75) is 32.6 Å². The van der Waals surface area contributed by atoms with Gasteiger partial charge in [-0.25, -0.2) is 18.0 Å². The van der Waals surface area contributed by atoms with Crippen molar-refractivity contribution in [1.82, 2.24) is 14.7 Å². The fraction of sp³-hybridized carbons (Fsp3) is 0.619. The first-order valence-corrected chi connectivity index (χ1v) is 12.5. The number of hydrogen-bond donors (Lipinski definition) is 1. The second kappa shape index (κ2) is 9.68. The Balaban J connectivity index is 1.52. The summed E-state index contributed by atoms with van der Waals surface area (Å²) in [7, 11) is -3.02. The number of anilines is 1. The number of urea groups is 2. The SMILES string of the molecule is CCC(C)c1ccc(NC(=O)N2CCCN(C(=O)N3CCS(=O)(=O)CC3)CC2)cc1. The normalized spacial score (nSPS) is 20.4. The summed E-state index contributed by atoms with van der Waals surface area (Å²) in [5.74, 6) is 0.539. The first kappa shape index (κ1) is 22.4. The van der Waals surface area contributed by atoms with Gasteiger partial charge in [-0.1, -0.05) is 26.0 Å². The molecule has 0 spiro atoms. The summed E-state index contributed by atoms with van der Waals surface area (Å²) >= 11 is 0. The first-order chi connectivity index (χ1) is 14.3. The Morgan fingerprint density at radius 2 is 1.50 bits per heavy atom. The standard InChI is InChI=1S/C21H32N4O4S/c1-3-17(2)18-5-7-19(8-6-18)22-20(26)23-9-4-10-24(12-11-23)21(27)25-13-15-30(28,29)16-14-25/h5-8,17H,3-4,9-16H2,1-2H3,(H,22,26). The Morgan fingerprint density at radius 3 is 2.13 bits per heavy atom. The second-order valence-corrected chi connectivity index (χ2v) is 10.4. The highest BCUT2D eigenvalue weighted by atomic mass is 32.2. The minimum atomic E-state index is -3.02. The van der Waals surface area contributed by atoms with Crippen LogP contribution < -0.4 is 5.32 Å². The van der Waals surface area contributed by atoms with Gasteiger partial charge < -0.3 is 20.0 Å². The maximum absolute atomic E-state index is 12.7. The van der Waals surface area contributed by atoms with E-state index in [1.165, 1.54) is 5.56 Å². The molecule has 0 aromatic heterocycles. The van der Waals surface area contributed by atoms with E-state index in [1.54, 1.807) is 14.7 Å². The quantitative estimate of drug-likeness (QED) is 0.789. The van der Waals surface area contributed by atoms with Crippen molar-refractivity contribution < 1.29 is 18.0 Å². The Morgan fingerprint density at radius 1 is 0.933 bits per heavy atom. The molecule has 0 saturated carbocycles. The van der Waals surface area contributed by atoms with E-state index >= 15 is 0 Å². The van der Waals surface area contributed by atoms with Crippen molar-refractivity contribution in [2.24, 2.45) is 0 Å². The molecule has 8 nitrogen and oxygen atoms in total. The van der Waals surface area contributed by atoms with Crippen LogP contribution in [0.1, 0.15) is 38.2 Å². The van der Waals surface area contributed by atoms with Gasteiger partial charge in [0.1, 0.15) is 0 Å². The molecule has 2 aliphatic rings. The summed E-state index contributed by atoms with van der Waals surface area (Å²) in [6.45, 7) is 6.87. The van der Waals surface area contributed by atoms with Crippen LogP contribution in [-0.2, 0) is 9.84 Å². The lowest BCUT2D eigenvalue weighted by atomic mass is 9.99. The zero-order valence-electron chi connectivity index (χ0n) is 17.8. The fourth-order valence-corrected chi connectivity index (χ4v) is 4.95. The number of nitrogens with one attached hydrogen (secondary N) is 1. The Bertz CT molecular complexity index is 842. The molecular weight excluding hydrogens is 404 g/mol. The molecule has 2 heterocycles. The molecule has 0 aliphatic carbocycles. The van der Waals surface area contributed by atoms with Crippen molar-refractivity contribution in [2.75, 3.05) is 56.1 Å². The second-order valence-electron chi connectivity index (χ2n) is 8.11. The van der Waals surface area contributed by atoms with Crippen LogP contribution in [-0.4, -0.2) is 86.0 Å². The largest absolute Gasteiger partial charge is 0.323 e. The van der Waals surface area contributed by atoms with Crippen LogP contribution in [0.5, 0.6) is 0 Å². The number of sulfone groups is 1. The molecule has 9 heteroatoms. The summed E-state index contributed by atoms with van der Waals surface area (Å²) in [5.41, 5.74) is 2.02. The lowest BCUT2D eigenvalue weighted by molar-refractivity contribution is 0.157. The third-order valence-electron chi connectivity index (χ3n) is 6.01. The number of rotatable bonds is 3. The average Bonchev–Trinajstić information content (AvgIpc) is 2.99. The van der Waals surface area contributed by atoms with E-state index in [0.29, 0.717) is 38.5 Å². The van der Waals surface area contributed by atoms with Crippen LogP contribution in [0, 0.1) is 0 Å². The molecule has 2 aliphatic heterocycles. The van der Waals surface area contributed by atoms with Crippen molar-refractivity contribution in [3.63, 3.8) is 0 Å². The van der Waals surface area contributed by atoms with E-state index in [4.69, 9.17) is 0 Å². The highest BCUT2D eigenvalue weighted by Gasteiger charge is 2.29. The maximum atomic E-state index is 12.7. The third kappa shape index (κ3) is 5.65. The van der Waals surface area contributed by atoms with Crippen LogP contribution in [0.25, 0.3) is 0 Å². The smallest absolute Gasteiger partial charge is 0.321 e. The molecule has 1 aromatic rings. The Labute approximate surface area is 179 Å². The summed E-state index contributed by atoms with van der Waals surface area (Å²) in [4.78, 5) is 30.5. The van der Waals surface area contributed by atoms with Gasteiger partial charge >= 0.3 is 12.1 Å². The molecule has 3 rings (SSSR count). The highest BCUT2D eigenvalue weighted by molar-refractivity contribution is 7.91. The van der Waals surface area contributed by atoms with Crippen molar-refractivity contribution in [1.29, 1.82) is 0 Å². The van der Waals surface area contributed by atoms with E-state index < -0.39 is 9.84 Å². The summed E-state index contributed by atoms with van der Waals surface area (Å²) in [5, 5.41) is 2.95. The lowest BCUT2D eigenvalue weighted by Crippen LogP contribution is -2.50.